The first kappa shape index (κ1) is 21.4. The van der Waals surface area contributed by atoms with E-state index in [1.165, 1.54) is 25.7 Å². The van der Waals surface area contributed by atoms with Gasteiger partial charge in [-0.05, 0) is 35.3 Å². The molecule has 0 aromatic heterocycles. The lowest BCUT2D eigenvalue weighted by Crippen LogP contribution is -2.56. The summed E-state index contributed by atoms with van der Waals surface area (Å²) in [4.78, 5) is 0. The van der Waals surface area contributed by atoms with Crippen LogP contribution in [0.25, 0.3) is 0 Å². The lowest BCUT2D eigenvalue weighted by Gasteiger charge is -2.49. The van der Waals surface area contributed by atoms with E-state index < -0.39 is 16.6 Å². The molecule has 0 aromatic carbocycles. The third kappa shape index (κ3) is 4.68. The van der Waals surface area contributed by atoms with E-state index in [0.717, 1.165) is 22.2 Å². The van der Waals surface area contributed by atoms with Gasteiger partial charge in [0.25, 0.3) is 0 Å². The van der Waals surface area contributed by atoms with E-state index in [1.807, 2.05) is 0 Å². The Morgan fingerprint density at radius 2 is 0.762 bits per heavy atom. The molecule has 0 aliphatic rings. The summed E-state index contributed by atoms with van der Waals surface area (Å²) in [6.07, 6.45) is 5.05. The summed E-state index contributed by atoms with van der Waals surface area (Å²) in [6.45, 7) is 24.2. The molecule has 0 rings (SSSR count). The first-order valence-electron chi connectivity index (χ1n) is 9.33. The third-order valence-electron chi connectivity index (χ3n) is 6.80. The first-order chi connectivity index (χ1) is 9.63. The van der Waals surface area contributed by atoms with Crippen molar-refractivity contribution in [1.29, 1.82) is 0 Å². The minimum Gasteiger partial charge on any atom is -0.454 e. The zero-order valence-electron chi connectivity index (χ0n) is 16.5. The molecule has 4 atom stereocenters. The van der Waals surface area contributed by atoms with Gasteiger partial charge in [0.1, 0.15) is 0 Å². The van der Waals surface area contributed by atoms with Crippen LogP contribution < -0.4 is 0 Å². The van der Waals surface area contributed by atoms with Crippen molar-refractivity contribution < 1.29 is 4.12 Å². The average molecular weight is 331 g/mol. The molecule has 0 amide bonds. The minimum absolute atomic E-state index is 0.757. The van der Waals surface area contributed by atoms with Crippen molar-refractivity contribution in [3.63, 3.8) is 0 Å². The van der Waals surface area contributed by atoms with Gasteiger partial charge in [0.15, 0.2) is 16.6 Å². The smallest absolute Gasteiger partial charge is 0.182 e. The zero-order chi connectivity index (χ0) is 16.8. The second-order valence-corrected chi connectivity index (χ2v) is 17.2. The summed E-state index contributed by atoms with van der Waals surface area (Å²) in [7, 11) is -3.38. The highest BCUT2D eigenvalue weighted by atomic mass is 28.4. The molecule has 128 valence electrons. The Morgan fingerprint density at radius 3 is 0.905 bits per heavy atom. The Hall–Kier alpha value is 0.394. The molecular weight excluding hydrogens is 288 g/mol. The van der Waals surface area contributed by atoms with Crippen molar-refractivity contribution in [1.82, 2.24) is 0 Å². The molecule has 0 saturated heterocycles. The van der Waals surface area contributed by atoms with Crippen LogP contribution in [-0.4, -0.2) is 16.6 Å². The van der Waals surface area contributed by atoms with Gasteiger partial charge in [-0.1, -0.05) is 81.1 Å². The fourth-order valence-electron chi connectivity index (χ4n) is 3.47. The quantitative estimate of drug-likeness (QED) is 0.380. The van der Waals surface area contributed by atoms with E-state index in [-0.39, 0.29) is 0 Å². The van der Waals surface area contributed by atoms with Crippen molar-refractivity contribution in [2.75, 3.05) is 0 Å². The average Bonchev–Trinajstić information content (AvgIpc) is 2.50. The van der Waals surface area contributed by atoms with Gasteiger partial charge in [-0.3, -0.25) is 0 Å². The third-order valence-corrected chi connectivity index (χ3v) is 19.8. The van der Waals surface area contributed by atoms with Crippen LogP contribution in [0, 0.1) is 0 Å². The summed E-state index contributed by atoms with van der Waals surface area (Å²) < 4.78 is 7.31. The summed E-state index contributed by atoms with van der Waals surface area (Å²) in [5.41, 5.74) is 3.03. The molecule has 0 aliphatic carbocycles. The number of rotatable bonds is 10. The van der Waals surface area contributed by atoms with Crippen LogP contribution in [0.5, 0.6) is 0 Å². The molecule has 0 N–H and O–H groups in total. The van der Waals surface area contributed by atoms with Crippen molar-refractivity contribution >= 4 is 16.6 Å². The molecule has 0 bridgehead atoms. The highest BCUT2D eigenvalue weighted by Crippen LogP contribution is 2.46. The van der Waals surface area contributed by atoms with E-state index in [1.54, 1.807) is 0 Å². The van der Waals surface area contributed by atoms with Crippen LogP contribution in [0.4, 0.5) is 0 Å². The monoisotopic (exact) mass is 330 g/mol. The molecule has 0 fully saturated rings. The van der Waals surface area contributed by atoms with Gasteiger partial charge < -0.3 is 4.12 Å². The second kappa shape index (κ2) is 8.88. The molecule has 21 heavy (non-hydrogen) atoms. The second-order valence-electron chi connectivity index (χ2n) is 7.71. The zero-order valence-corrected chi connectivity index (χ0v) is 18.5. The van der Waals surface area contributed by atoms with Crippen molar-refractivity contribution in [2.45, 2.75) is 116 Å². The highest BCUT2D eigenvalue weighted by Gasteiger charge is 2.49. The van der Waals surface area contributed by atoms with Crippen LogP contribution in [0.3, 0.4) is 0 Å². The van der Waals surface area contributed by atoms with Gasteiger partial charge in [0.2, 0.25) is 0 Å². The Kier molecular flexibility index (Phi) is 9.04. The molecule has 0 aromatic rings. The maximum atomic E-state index is 7.31. The molecule has 4 unspecified atom stereocenters. The maximum Gasteiger partial charge on any atom is 0.182 e. The normalized spacial score (nSPS) is 23.7. The van der Waals surface area contributed by atoms with Crippen LogP contribution in [0.2, 0.25) is 35.3 Å². The van der Waals surface area contributed by atoms with Crippen LogP contribution in [-0.2, 0) is 4.12 Å². The van der Waals surface area contributed by atoms with E-state index in [9.17, 15) is 0 Å². The number of hydrogen-bond acceptors (Lipinski definition) is 1. The minimum atomic E-state index is -1.69. The molecule has 3 heteroatoms. The Labute approximate surface area is 137 Å². The molecule has 0 saturated carbocycles. The van der Waals surface area contributed by atoms with Gasteiger partial charge in [0, 0.05) is 0 Å². The van der Waals surface area contributed by atoms with Crippen LogP contribution in [0.15, 0.2) is 0 Å². The molecular formula is C18H42OSi2. The largest absolute Gasteiger partial charge is 0.454 e. The van der Waals surface area contributed by atoms with Crippen molar-refractivity contribution in [3.05, 3.63) is 0 Å². The maximum absolute atomic E-state index is 7.31. The predicted molar refractivity (Wildman–Crippen MR) is 103 cm³/mol. The molecule has 0 radical (unpaired) electrons. The van der Waals surface area contributed by atoms with Gasteiger partial charge in [-0.2, -0.15) is 0 Å². The van der Waals surface area contributed by atoms with Gasteiger partial charge >= 0.3 is 0 Å². The topological polar surface area (TPSA) is 9.23 Å². The lowest BCUT2D eigenvalue weighted by molar-refractivity contribution is 0.442. The summed E-state index contributed by atoms with van der Waals surface area (Å²) in [5.74, 6) is 0. The van der Waals surface area contributed by atoms with Crippen molar-refractivity contribution in [3.8, 4) is 0 Å². The van der Waals surface area contributed by atoms with Gasteiger partial charge in [0.05, 0.1) is 0 Å². The Bertz CT molecular complexity index is 245. The van der Waals surface area contributed by atoms with E-state index >= 15 is 0 Å². The fourth-order valence-corrected chi connectivity index (χ4v) is 15.7. The first-order valence-corrected chi connectivity index (χ1v) is 14.5. The molecule has 1 nitrogen and oxygen atoms in total. The highest BCUT2D eigenvalue weighted by molar-refractivity contribution is 6.88. The molecule has 0 aliphatic heterocycles. The Balaban J connectivity index is 5.61. The summed E-state index contributed by atoms with van der Waals surface area (Å²) >= 11 is 0. The van der Waals surface area contributed by atoms with Crippen LogP contribution >= 0.6 is 0 Å². The van der Waals surface area contributed by atoms with Gasteiger partial charge in [-0.15, -0.1) is 0 Å². The number of hydrogen-bond donors (Lipinski definition) is 0. The standard InChI is InChI=1S/C18H42OSi2/c1-11-15(5)20(9,16(6)12-2)19-21(10,17(7)13-3)18(8)14-4/h15-18H,11-14H2,1-10H3. The van der Waals surface area contributed by atoms with E-state index in [0.29, 0.717) is 0 Å². The van der Waals surface area contributed by atoms with E-state index in [2.05, 4.69) is 68.5 Å². The molecule has 0 heterocycles. The lowest BCUT2D eigenvalue weighted by atomic mass is 10.3. The van der Waals surface area contributed by atoms with Crippen LogP contribution in [0.1, 0.15) is 81.1 Å². The predicted octanol–water partition coefficient (Wildman–Crippen LogP) is 7.35. The van der Waals surface area contributed by atoms with Gasteiger partial charge in [-0.25, -0.2) is 0 Å². The summed E-state index contributed by atoms with van der Waals surface area (Å²) in [5, 5.41) is 0. The van der Waals surface area contributed by atoms with E-state index in [4.69, 9.17) is 4.12 Å². The SMILES string of the molecule is CCC(C)[Si](C)(O[Si](C)(C(C)CC)C(C)CC)C(C)CC. The molecule has 0 spiro atoms. The van der Waals surface area contributed by atoms with Crippen molar-refractivity contribution in [2.24, 2.45) is 0 Å². The summed E-state index contributed by atoms with van der Waals surface area (Å²) in [6, 6.07) is 0. The Morgan fingerprint density at radius 1 is 0.571 bits per heavy atom. The fraction of sp³-hybridized carbons (Fsp3) is 1.00.